The number of rotatable bonds is 1. The summed E-state index contributed by atoms with van der Waals surface area (Å²) < 4.78 is 8.98. The largest absolute Gasteiger partial charge is 0.436 e. The van der Waals surface area contributed by atoms with E-state index in [1.54, 1.807) is 0 Å². The van der Waals surface area contributed by atoms with Crippen LogP contribution in [-0.4, -0.2) is 14.5 Å². The first-order chi connectivity index (χ1) is 24.7. The molecular weight excluding hydrogens is 654 g/mol. The summed E-state index contributed by atoms with van der Waals surface area (Å²) in [5, 5.41) is 9.51. The second-order valence-corrected chi connectivity index (χ2v) is 14.9. The molecule has 4 nitrogen and oxygen atoms in total. The first-order valence-electron chi connectivity index (χ1n) is 16.8. The van der Waals surface area contributed by atoms with Gasteiger partial charge in [0.1, 0.15) is 11.1 Å². The fourth-order valence-electron chi connectivity index (χ4n) is 8.84. The van der Waals surface area contributed by atoms with E-state index in [9.17, 15) is 0 Å². The molecule has 1 aliphatic heterocycles. The van der Waals surface area contributed by atoms with Crippen LogP contribution in [0.4, 0.5) is 0 Å². The van der Waals surface area contributed by atoms with Gasteiger partial charge in [-0.05, 0) is 61.8 Å². The third-order valence-corrected chi connectivity index (χ3v) is 12.5. The SMILES string of the molecule is Clc1nc2c(nc1-n1c3c(c4ccccc41)-c1ccccc1C1c4cc5ccccc5cc4SC31)oc1c3ccccc3c3ccccc3c21. The van der Waals surface area contributed by atoms with Crippen LogP contribution in [0.15, 0.2) is 143 Å². The van der Waals surface area contributed by atoms with Gasteiger partial charge in [-0.3, -0.25) is 4.57 Å². The van der Waals surface area contributed by atoms with E-state index in [4.69, 9.17) is 26.0 Å². The lowest BCUT2D eigenvalue weighted by atomic mass is 9.77. The van der Waals surface area contributed by atoms with Crippen LogP contribution in [0.3, 0.4) is 0 Å². The van der Waals surface area contributed by atoms with Gasteiger partial charge in [0.25, 0.3) is 0 Å². The third kappa shape index (κ3) is 3.43. The van der Waals surface area contributed by atoms with Gasteiger partial charge in [0.05, 0.1) is 16.2 Å². The van der Waals surface area contributed by atoms with E-state index in [0.29, 0.717) is 22.2 Å². The lowest BCUT2D eigenvalue weighted by molar-refractivity contribution is 0.653. The number of fused-ring (bicyclic) bond motifs is 19. The number of para-hydroxylation sites is 1. The number of benzene rings is 7. The van der Waals surface area contributed by atoms with Gasteiger partial charge >= 0.3 is 0 Å². The smallest absolute Gasteiger partial charge is 0.248 e. The van der Waals surface area contributed by atoms with E-state index in [1.807, 2.05) is 11.8 Å². The zero-order valence-electron chi connectivity index (χ0n) is 26.4. The Hall–Kier alpha value is -5.62. The molecule has 50 heavy (non-hydrogen) atoms. The van der Waals surface area contributed by atoms with Crippen LogP contribution in [0.25, 0.3) is 82.4 Å². The maximum atomic E-state index is 7.32. The minimum Gasteiger partial charge on any atom is -0.436 e. The Morgan fingerprint density at radius 2 is 1.30 bits per heavy atom. The molecule has 0 fully saturated rings. The molecule has 2 atom stereocenters. The van der Waals surface area contributed by atoms with Crippen molar-refractivity contribution in [1.29, 1.82) is 0 Å². The van der Waals surface area contributed by atoms with E-state index >= 15 is 0 Å². The molecule has 1 aliphatic carbocycles. The molecule has 6 heteroatoms. The van der Waals surface area contributed by atoms with Gasteiger partial charge in [-0.15, -0.1) is 11.8 Å². The third-order valence-electron chi connectivity index (χ3n) is 10.9. The van der Waals surface area contributed by atoms with Crippen molar-refractivity contribution in [3.8, 4) is 16.9 Å². The molecule has 0 saturated heterocycles. The molecule has 234 valence electrons. The summed E-state index contributed by atoms with van der Waals surface area (Å²) in [6.45, 7) is 0. The molecule has 0 N–H and O–H groups in total. The average Bonchev–Trinajstić information content (AvgIpc) is 3.83. The molecule has 0 spiro atoms. The molecule has 0 radical (unpaired) electrons. The maximum absolute atomic E-state index is 7.32. The van der Waals surface area contributed by atoms with Gasteiger partial charge in [-0.25, -0.2) is 4.98 Å². The highest BCUT2D eigenvalue weighted by molar-refractivity contribution is 8.00. The number of aromatic nitrogens is 3. The number of halogens is 1. The molecule has 12 rings (SSSR count). The minimum absolute atomic E-state index is 0.108. The number of nitrogens with zero attached hydrogens (tertiary/aromatic N) is 3. The van der Waals surface area contributed by atoms with E-state index in [2.05, 4.69) is 138 Å². The number of thioether (sulfide) groups is 1. The molecule has 0 saturated carbocycles. The Labute approximate surface area is 294 Å². The van der Waals surface area contributed by atoms with Crippen molar-refractivity contribution in [2.45, 2.75) is 16.1 Å². The van der Waals surface area contributed by atoms with E-state index in [1.165, 1.54) is 49.0 Å². The minimum atomic E-state index is 0.108. The Balaban J connectivity index is 1.18. The van der Waals surface area contributed by atoms with Crippen LogP contribution in [0.1, 0.15) is 28.0 Å². The molecular formula is C44H24ClN3OS. The molecule has 0 bridgehead atoms. The molecule has 10 aromatic rings. The van der Waals surface area contributed by atoms with Gasteiger partial charge in [0, 0.05) is 32.8 Å². The van der Waals surface area contributed by atoms with Gasteiger partial charge < -0.3 is 4.42 Å². The summed E-state index contributed by atoms with van der Waals surface area (Å²) in [6, 6.07) is 47.8. The van der Waals surface area contributed by atoms with Gasteiger partial charge in [-0.2, -0.15) is 4.98 Å². The molecule has 7 aromatic carbocycles. The van der Waals surface area contributed by atoms with Crippen LogP contribution in [0, 0.1) is 0 Å². The maximum Gasteiger partial charge on any atom is 0.248 e. The lowest BCUT2D eigenvalue weighted by Crippen LogP contribution is -2.16. The van der Waals surface area contributed by atoms with Crippen molar-refractivity contribution in [3.05, 3.63) is 155 Å². The zero-order chi connectivity index (χ0) is 32.7. The first kappa shape index (κ1) is 27.2. The second-order valence-electron chi connectivity index (χ2n) is 13.3. The summed E-state index contributed by atoms with van der Waals surface area (Å²) in [4.78, 5) is 11.7. The number of hydrogen-bond donors (Lipinski definition) is 0. The summed E-state index contributed by atoms with van der Waals surface area (Å²) >= 11 is 9.27. The standard InChI is InChI=1S/C44H24ClN3OS/c45-42-43(47-44-38(46-42)37-27-15-5-3-13-25(27)26-14-4-8-18-30(26)40(37)49-44)48-33-20-10-9-19-31(33)35-28-16-6-7-17-29(28)36-32-21-23-11-1-2-12-24(23)22-34(32)50-41(36)39(35)48/h1-22,36,41H. The highest BCUT2D eigenvalue weighted by Gasteiger charge is 2.45. The van der Waals surface area contributed by atoms with Crippen molar-refractivity contribution >= 4 is 88.8 Å². The number of hydrogen-bond acceptors (Lipinski definition) is 4. The quantitative estimate of drug-likeness (QED) is 0.162. The Bertz CT molecular complexity index is 3120. The predicted octanol–water partition coefficient (Wildman–Crippen LogP) is 12.4. The zero-order valence-corrected chi connectivity index (χ0v) is 28.0. The van der Waals surface area contributed by atoms with Crippen LogP contribution in [0.5, 0.6) is 0 Å². The van der Waals surface area contributed by atoms with Crippen molar-refractivity contribution in [2.24, 2.45) is 0 Å². The summed E-state index contributed by atoms with van der Waals surface area (Å²) in [7, 11) is 0. The highest BCUT2D eigenvalue weighted by atomic mass is 35.5. The lowest BCUT2D eigenvalue weighted by Gasteiger charge is -2.30. The summed E-state index contributed by atoms with van der Waals surface area (Å²) in [5.41, 5.74) is 9.42. The fraction of sp³-hybridized carbons (Fsp3) is 0.0455. The molecule has 3 aromatic heterocycles. The van der Waals surface area contributed by atoms with Crippen LogP contribution in [0.2, 0.25) is 5.15 Å². The van der Waals surface area contributed by atoms with Gasteiger partial charge in [0.15, 0.2) is 11.0 Å². The van der Waals surface area contributed by atoms with E-state index < -0.39 is 0 Å². The average molecular weight is 678 g/mol. The molecule has 4 heterocycles. The predicted molar refractivity (Wildman–Crippen MR) is 206 cm³/mol. The topological polar surface area (TPSA) is 43.9 Å². The normalized spacial score (nSPS) is 16.4. The Morgan fingerprint density at radius 3 is 2.14 bits per heavy atom. The molecule has 2 unspecified atom stereocenters. The van der Waals surface area contributed by atoms with Crippen molar-refractivity contribution in [3.63, 3.8) is 0 Å². The van der Waals surface area contributed by atoms with Crippen LogP contribution >= 0.6 is 23.4 Å². The molecule has 2 aliphatic rings. The van der Waals surface area contributed by atoms with Crippen molar-refractivity contribution in [2.75, 3.05) is 0 Å². The monoisotopic (exact) mass is 677 g/mol. The van der Waals surface area contributed by atoms with Gasteiger partial charge in [0.2, 0.25) is 5.71 Å². The fourth-order valence-corrected chi connectivity index (χ4v) is 10.6. The van der Waals surface area contributed by atoms with Gasteiger partial charge in [-0.1, -0.05) is 127 Å². The second kappa shape index (κ2) is 9.75. The van der Waals surface area contributed by atoms with E-state index in [0.717, 1.165) is 38.0 Å². The van der Waals surface area contributed by atoms with Crippen molar-refractivity contribution in [1.82, 2.24) is 14.5 Å². The van der Waals surface area contributed by atoms with Crippen LogP contribution < -0.4 is 0 Å². The first-order valence-corrected chi connectivity index (χ1v) is 18.1. The number of furan rings is 1. The Kier molecular flexibility index (Phi) is 5.31. The van der Waals surface area contributed by atoms with Crippen LogP contribution in [-0.2, 0) is 0 Å². The Morgan fingerprint density at radius 1 is 0.640 bits per heavy atom. The van der Waals surface area contributed by atoms with E-state index in [-0.39, 0.29) is 11.2 Å². The highest BCUT2D eigenvalue weighted by Crippen LogP contribution is 2.64. The summed E-state index contributed by atoms with van der Waals surface area (Å²) in [5.74, 6) is 0.759. The molecule has 0 amide bonds. The van der Waals surface area contributed by atoms with Crippen molar-refractivity contribution < 1.29 is 4.42 Å². The summed E-state index contributed by atoms with van der Waals surface area (Å²) in [6.07, 6.45) is 0.